The molecule has 1 aromatic carbocycles. The lowest BCUT2D eigenvalue weighted by Gasteiger charge is -2.18. The van der Waals surface area contributed by atoms with Gasteiger partial charge in [0, 0.05) is 0 Å². The molecule has 0 saturated heterocycles. The van der Waals surface area contributed by atoms with Gasteiger partial charge in [0.15, 0.2) is 0 Å². The molecule has 0 spiro atoms. The monoisotopic (exact) mass is 328 g/mol. The largest absolute Gasteiger partial charge is 0.454 e. The van der Waals surface area contributed by atoms with Gasteiger partial charge in [-0.3, -0.25) is 0 Å². The second-order valence-electron chi connectivity index (χ2n) is 5.55. The second kappa shape index (κ2) is 11.5. The summed E-state index contributed by atoms with van der Waals surface area (Å²) in [7, 11) is 0. The molecule has 1 rings (SSSR count). The van der Waals surface area contributed by atoms with E-state index >= 15 is 0 Å². The quantitative estimate of drug-likeness (QED) is 0.285. The first-order valence-corrected chi connectivity index (χ1v) is 8.62. The van der Waals surface area contributed by atoms with Gasteiger partial charge in [0.2, 0.25) is 0 Å². The number of esters is 1. The summed E-state index contributed by atoms with van der Waals surface area (Å²) in [4.78, 5) is 11.4. The number of carbonyl (C=O) groups is 1. The molecule has 2 nitrogen and oxygen atoms in total. The highest BCUT2D eigenvalue weighted by Gasteiger charge is 2.21. The van der Waals surface area contributed by atoms with Crippen molar-refractivity contribution >= 4 is 17.6 Å². The third-order valence-electron chi connectivity index (χ3n) is 3.68. The van der Waals surface area contributed by atoms with Crippen molar-refractivity contribution in [3.8, 4) is 0 Å². The van der Waals surface area contributed by atoms with Gasteiger partial charge in [0.1, 0.15) is 6.10 Å². The minimum Gasteiger partial charge on any atom is -0.454 e. The summed E-state index contributed by atoms with van der Waals surface area (Å²) in [5, 5.41) is 0. The van der Waals surface area contributed by atoms with Crippen LogP contribution in [-0.4, -0.2) is 11.6 Å². The van der Waals surface area contributed by atoms with Crippen molar-refractivity contribution in [1.82, 2.24) is 0 Å². The van der Waals surface area contributed by atoms with Gasteiger partial charge in [-0.1, -0.05) is 87.4 Å². The summed E-state index contributed by atoms with van der Waals surface area (Å²) in [5.74, 6) is -1.00. The zero-order chi connectivity index (χ0) is 16.2. The molecular weight excluding hydrogens is 303 g/mol. The molecule has 0 heterocycles. The molecule has 1 aromatic rings. The highest BCUT2D eigenvalue weighted by atomic mass is 35.5. The normalized spacial score (nSPS) is 13.6. The van der Waals surface area contributed by atoms with Crippen LogP contribution in [0, 0.1) is 0 Å². The molecule has 0 aliphatic rings. The average molecular weight is 329 g/mol. The lowest BCUT2D eigenvalue weighted by molar-refractivity contribution is -0.152. The van der Waals surface area contributed by atoms with E-state index in [2.05, 4.69) is 6.92 Å². The Morgan fingerprint density at radius 1 is 1.09 bits per heavy atom. The topological polar surface area (TPSA) is 26.3 Å². The Hall–Kier alpha value is -1.09. The molecular formula is C18H26ClFO2. The van der Waals surface area contributed by atoms with Gasteiger partial charge in [-0.25, -0.2) is 9.18 Å². The third kappa shape index (κ3) is 7.79. The number of alkyl halides is 2. The first-order chi connectivity index (χ1) is 10.6. The van der Waals surface area contributed by atoms with Crippen LogP contribution in [-0.2, 0) is 9.53 Å². The number of hydrogen-bond donors (Lipinski definition) is 0. The Labute approximate surface area is 138 Å². The Balaban J connectivity index is 2.41. The maximum atomic E-state index is 12.8. The second-order valence-corrected chi connectivity index (χ2v) is 5.93. The highest BCUT2D eigenvalue weighted by Crippen LogP contribution is 2.25. The van der Waals surface area contributed by atoms with E-state index in [9.17, 15) is 9.18 Å². The third-order valence-corrected chi connectivity index (χ3v) is 3.86. The van der Waals surface area contributed by atoms with E-state index in [1.54, 1.807) is 0 Å². The number of unbranched alkanes of at least 4 members (excludes halogenated alkanes) is 6. The van der Waals surface area contributed by atoms with Gasteiger partial charge < -0.3 is 4.74 Å². The molecule has 0 fully saturated rings. The predicted octanol–water partition coefficient (Wildman–Crippen LogP) is 5.95. The molecule has 0 amide bonds. The predicted molar refractivity (Wildman–Crippen MR) is 88.6 cm³/mol. The zero-order valence-corrected chi connectivity index (χ0v) is 14.0. The van der Waals surface area contributed by atoms with E-state index < -0.39 is 17.7 Å². The van der Waals surface area contributed by atoms with Crippen molar-refractivity contribution in [2.24, 2.45) is 0 Å². The fourth-order valence-corrected chi connectivity index (χ4v) is 2.49. The van der Waals surface area contributed by atoms with E-state index in [1.165, 1.54) is 32.1 Å². The van der Waals surface area contributed by atoms with E-state index in [4.69, 9.17) is 16.3 Å². The fraction of sp³-hybridized carbons (Fsp3) is 0.611. The van der Waals surface area contributed by atoms with Crippen molar-refractivity contribution < 1.29 is 13.9 Å². The van der Waals surface area contributed by atoms with Crippen LogP contribution in [0.4, 0.5) is 4.39 Å². The van der Waals surface area contributed by atoms with Crippen molar-refractivity contribution in [2.75, 3.05) is 0 Å². The van der Waals surface area contributed by atoms with Crippen molar-refractivity contribution in [2.45, 2.75) is 70.0 Å². The van der Waals surface area contributed by atoms with E-state index in [1.807, 2.05) is 30.3 Å². The Bertz CT molecular complexity index is 409. The van der Waals surface area contributed by atoms with Gasteiger partial charge in [-0.05, 0) is 18.4 Å². The molecule has 0 aliphatic carbocycles. The molecule has 22 heavy (non-hydrogen) atoms. The highest BCUT2D eigenvalue weighted by molar-refractivity contribution is 6.28. The number of hydrogen-bond acceptors (Lipinski definition) is 2. The molecule has 2 atom stereocenters. The van der Waals surface area contributed by atoms with Gasteiger partial charge in [0.05, 0.1) is 0 Å². The minimum absolute atomic E-state index is 0.415. The van der Waals surface area contributed by atoms with Crippen LogP contribution in [0.3, 0.4) is 0 Å². The first-order valence-electron chi connectivity index (χ1n) is 8.18. The molecule has 0 saturated carbocycles. The number of halogens is 2. The first kappa shape index (κ1) is 19.0. The SMILES string of the molecule is CCCCCCCCC[C@H](OC(=O)[C@H](F)Cl)c1ccccc1. The summed E-state index contributed by atoms with van der Waals surface area (Å²) >= 11 is 5.15. The molecule has 0 bridgehead atoms. The maximum Gasteiger partial charge on any atom is 0.357 e. The summed E-state index contributed by atoms with van der Waals surface area (Å²) in [6.45, 7) is 2.20. The molecule has 0 aliphatic heterocycles. The molecule has 124 valence electrons. The van der Waals surface area contributed by atoms with Crippen molar-refractivity contribution in [3.63, 3.8) is 0 Å². The average Bonchev–Trinajstić information content (AvgIpc) is 2.53. The summed E-state index contributed by atoms with van der Waals surface area (Å²) in [6.07, 6.45) is 8.60. The molecule has 4 heteroatoms. The van der Waals surface area contributed by atoms with E-state index in [-0.39, 0.29) is 0 Å². The van der Waals surface area contributed by atoms with Crippen molar-refractivity contribution in [3.05, 3.63) is 35.9 Å². The van der Waals surface area contributed by atoms with Crippen molar-refractivity contribution in [1.29, 1.82) is 0 Å². The van der Waals surface area contributed by atoms with Crippen LogP contribution in [0.25, 0.3) is 0 Å². The number of carbonyl (C=O) groups excluding carboxylic acids is 1. The Morgan fingerprint density at radius 3 is 2.27 bits per heavy atom. The minimum atomic E-state index is -2.10. The molecule has 0 aromatic heterocycles. The maximum absolute atomic E-state index is 12.8. The lowest BCUT2D eigenvalue weighted by Crippen LogP contribution is -2.17. The van der Waals surface area contributed by atoms with Crippen LogP contribution in [0.5, 0.6) is 0 Å². The van der Waals surface area contributed by atoms with Crippen LogP contribution in [0.1, 0.15) is 70.0 Å². The van der Waals surface area contributed by atoms with Crippen LogP contribution in [0.2, 0.25) is 0 Å². The Kier molecular flexibility index (Phi) is 9.89. The van der Waals surface area contributed by atoms with Gasteiger partial charge in [-0.15, -0.1) is 0 Å². The van der Waals surface area contributed by atoms with E-state index in [0.29, 0.717) is 6.42 Å². The summed E-state index contributed by atoms with van der Waals surface area (Å²) in [5.41, 5.74) is -1.21. The molecule has 0 unspecified atom stereocenters. The summed E-state index contributed by atoms with van der Waals surface area (Å²) in [6, 6.07) is 9.44. The number of benzene rings is 1. The van der Waals surface area contributed by atoms with Gasteiger partial charge >= 0.3 is 5.97 Å². The van der Waals surface area contributed by atoms with E-state index in [0.717, 1.165) is 18.4 Å². The number of rotatable bonds is 11. The zero-order valence-electron chi connectivity index (χ0n) is 13.3. The Morgan fingerprint density at radius 2 is 1.68 bits per heavy atom. The lowest BCUT2D eigenvalue weighted by atomic mass is 10.0. The molecule has 0 N–H and O–H groups in total. The number of ether oxygens (including phenoxy) is 1. The van der Waals surface area contributed by atoms with Gasteiger partial charge in [0.25, 0.3) is 5.63 Å². The van der Waals surface area contributed by atoms with Gasteiger partial charge in [-0.2, -0.15) is 0 Å². The standard InChI is InChI=1S/C18H26ClFO2/c1-2-3-4-5-6-7-11-14-16(22-18(21)17(19)20)15-12-9-8-10-13-15/h8-10,12-13,16-17H,2-7,11,14H2,1H3/t16-,17-/m0/s1. The molecule has 0 radical (unpaired) electrons. The van der Waals surface area contributed by atoms with Crippen LogP contribution >= 0.6 is 11.6 Å². The fourth-order valence-electron chi connectivity index (χ4n) is 2.44. The smallest absolute Gasteiger partial charge is 0.357 e. The summed E-state index contributed by atoms with van der Waals surface area (Å²) < 4.78 is 18.0. The van der Waals surface area contributed by atoms with Crippen LogP contribution < -0.4 is 0 Å². The van der Waals surface area contributed by atoms with Crippen LogP contribution in [0.15, 0.2) is 30.3 Å².